The summed E-state index contributed by atoms with van der Waals surface area (Å²) < 4.78 is 0. The molecular formula is C18H19NO4. The summed E-state index contributed by atoms with van der Waals surface area (Å²) in [7, 11) is 0. The van der Waals surface area contributed by atoms with Gasteiger partial charge < -0.3 is 10.2 Å². The molecule has 0 unspecified atom stereocenters. The number of hydrogen-bond donors (Lipinski definition) is 2. The van der Waals surface area contributed by atoms with Gasteiger partial charge in [0.1, 0.15) is 11.1 Å². The van der Waals surface area contributed by atoms with E-state index < -0.39 is 17.4 Å². The third kappa shape index (κ3) is 3.08. The summed E-state index contributed by atoms with van der Waals surface area (Å²) in [6.45, 7) is 3.33. The third-order valence-corrected chi connectivity index (χ3v) is 4.25. The zero-order chi connectivity index (χ0) is 17.0. The first-order valence-electron chi connectivity index (χ1n) is 7.49. The molecule has 0 heterocycles. The maximum atomic E-state index is 11.7. The number of benzene rings is 2. The first-order chi connectivity index (χ1) is 10.9. The Morgan fingerprint density at radius 3 is 2.13 bits per heavy atom. The number of hydrogen-bond acceptors (Lipinski definition) is 3. The molecule has 0 aromatic heterocycles. The average Bonchev–Trinajstić information content (AvgIpc) is 2.54. The zero-order valence-electron chi connectivity index (χ0n) is 13.1. The predicted molar refractivity (Wildman–Crippen MR) is 89.3 cm³/mol. The second-order valence-electron chi connectivity index (χ2n) is 5.39. The minimum absolute atomic E-state index is 0.164. The molecule has 5 heteroatoms. The van der Waals surface area contributed by atoms with Crippen molar-refractivity contribution in [3.05, 3.63) is 42.5 Å². The summed E-state index contributed by atoms with van der Waals surface area (Å²) in [6, 6.07) is 12.9. The average molecular weight is 313 g/mol. The minimum Gasteiger partial charge on any atom is -0.481 e. The number of carboxylic acids is 2. The molecule has 0 radical (unpaired) electrons. The molecule has 0 spiro atoms. The molecule has 2 rings (SSSR count). The molecule has 0 saturated carbocycles. The lowest BCUT2D eigenvalue weighted by Gasteiger charge is -2.26. The number of nitrogens with zero attached hydrogens (tertiary/aromatic N) is 1. The molecule has 0 atom stereocenters. The van der Waals surface area contributed by atoms with E-state index in [4.69, 9.17) is 0 Å². The van der Waals surface area contributed by atoms with Crippen molar-refractivity contribution in [2.45, 2.75) is 26.7 Å². The summed E-state index contributed by atoms with van der Waals surface area (Å²) in [5, 5.41) is 21.0. The number of fused-ring (bicyclic) bond motifs is 1. The molecule has 0 aliphatic carbocycles. The molecule has 0 saturated heterocycles. The summed E-state index contributed by atoms with van der Waals surface area (Å²) >= 11 is 0. The monoisotopic (exact) mass is 313 g/mol. The Hall–Kier alpha value is -2.69. The third-order valence-electron chi connectivity index (χ3n) is 4.25. The van der Waals surface area contributed by atoms with Gasteiger partial charge in [-0.05, 0) is 35.7 Å². The Kier molecular flexibility index (Phi) is 4.79. The molecule has 2 N–H and O–H groups in total. The Labute approximate surface area is 134 Å². The van der Waals surface area contributed by atoms with E-state index in [2.05, 4.69) is 4.99 Å². The van der Waals surface area contributed by atoms with Crippen molar-refractivity contribution in [3.8, 4) is 0 Å². The highest BCUT2D eigenvalue weighted by Crippen LogP contribution is 2.32. The van der Waals surface area contributed by atoms with Crippen LogP contribution in [0, 0.1) is 5.41 Å². The highest BCUT2D eigenvalue weighted by atomic mass is 16.4. The van der Waals surface area contributed by atoms with Crippen molar-refractivity contribution >= 4 is 34.1 Å². The molecule has 120 valence electrons. The van der Waals surface area contributed by atoms with Crippen molar-refractivity contribution in [1.29, 1.82) is 0 Å². The predicted octanol–water partition coefficient (Wildman–Crippen LogP) is 3.89. The Morgan fingerprint density at radius 1 is 1.00 bits per heavy atom. The lowest BCUT2D eigenvalue weighted by atomic mass is 9.77. The topological polar surface area (TPSA) is 87.0 Å². The van der Waals surface area contributed by atoms with Gasteiger partial charge >= 0.3 is 11.9 Å². The van der Waals surface area contributed by atoms with Gasteiger partial charge in [-0.15, -0.1) is 0 Å². The number of rotatable bonds is 6. The van der Waals surface area contributed by atoms with Crippen molar-refractivity contribution in [2.75, 3.05) is 0 Å². The fraction of sp³-hybridized carbons (Fsp3) is 0.278. The van der Waals surface area contributed by atoms with E-state index in [1.54, 1.807) is 26.0 Å². The fourth-order valence-corrected chi connectivity index (χ4v) is 2.72. The van der Waals surface area contributed by atoms with Crippen LogP contribution in [0.2, 0.25) is 0 Å². The Balaban J connectivity index is 2.61. The van der Waals surface area contributed by atoms with E-state index in [0.29, 0.717) is 5.69 Å². The highest BCUT2D eigenvalue weighted by molar-refractivity contribution is 6.42. The van der Waals surface area contributed by atoms with Crippen LogP contribution in [0.25, 0.3) is 10.8 Å². The van der Waals surface area contributed by atoms with E-state index in [9.17, 15) is 19.8 Å². The van der Waals surface area contributed by atoms with Gasteiger partial charge in [0.05, 0.1) is 5.69 Å². The van der Waals surface area contributed by atoms with E-state index in [1.165, 1.54) is 0 Å². The van der Waals surface area contributed by atoms with Crippen LogP contribution in [0.3, 0.4) is 0 Å². The maximum absolute atomic E-state index is 11.7. The van der Waals surface area contributed by atoms with Gasteiger partial charge in [-0.1, -0.05) is 44.2 Å². The molecule has 0 aliphatic rings. The van der Waals surface area contributed by atoms with Gasteiger partial charge in [0.15, 0.2) is 0 Å². The van der Waals surface area contributed by atoms with Crippen LogP contribution in [0.5, 0.6) is 0 Å². The largest absolute Gasteiger partial charge is 0.481 e. The van der Waals surface area contributed by atoms with Gasteiger partial charge in [0.25, 0.3) is 0 Å². The first kappa shape index (κ1) is 16.7. The summed E-state index contributed by atoms with van der Waals surface area (Å²) in [5.41, 5.74) is -1.38. The molecule has 0 fully saturated rings. The van der Waals surface area contributed by atoms with Gasteiger partial charge in [0.2, 0.25) is 0 Å². The van der Waals surface area contributed by atoms with Gasteiger partial charge in [-0.2, -0.15) is 0 Å². The number of carbonyl (C=O) groups is 2. The maximum Gasteiger partial charge on any atom is 0.351 e. The van der Waals surface area contributed by atoms with Gasteiger partial charge in [0, 0.05) is 0 Å². The lowest BCUT2D eigenvalue weighted by Crippen LogP contribution is -2.42. The van der Waals surface area contributed by atoms with Crippen molar-refractivity contribution in [2.24, 2.45) is 10.4 Å². The second-order valence-corrected chi connectivity index (χ2v) is 5.39. The van der Waals surface area contributed by atoms with Crippen LogP contribution in [0.15, 0.2) is 47.5 Å². The standard InChI is InChI=1S/C18H19NO4/c1-3-18(4-2,17(22)23)15(16(20)21)19-14-10-9-12-7-5-6-8-13(12)11-14/h5-11H,3-4H2,1-2H3,(H,20,21)(H,22,23). The summed E-state index contributed by atoms with van der Waals surface area (Å²) in [6.07, 6.45) is 0.328. The van der Waals surface area contributed by atoms with Crippen LogP contribution >= 0.6 is 0 Å². The van der Waals surface area contributed by atoms with Gasteiger partial charge in [-0.25, -0.2) is 9.79 Å². The van der Waals surface area contributed by atoms with Crippen molar-refractivity contribution in [1.82, 2.24) is 0 Å². The van der Waals surface area contributed by atoms with Crippen molar-refractivity contribution < 1.29 is 19.8 Å². The van der Waals surface area contributed by atoms with E-state index in [0.717, 1.165) is 10.8 Å². The minimum atomic E-state index is -1.49. The Morgan fingerprint density at radius 2 is 1.61 bits per heavy atom. The zero-order valence-corrected chi connectivity index (χ0v) is 13.1. The van der Waals surface area contributed by atoms with E-state index in [1.807, 2.05) is 30.3 Å². The van der Waals surface area contributed by atoms with Crippen molar-refractivity contribution in [3.63, 3.8) is 0 Å². The SMILES string of the molecule is CCC(CC)(C(=O)O)C(=Nc1ccc2ccccc2c1)C(=O)O. The molecule has 0 amide bonds. The Bertz CT molecular complexity index is 775. The number of aliphatic imine (C=N–C) groups is 1. The van der Waals surface area contributed by atoms with Crippen LogP contribution in [0.1, 0.15) is 26.7 Å². The van der Waals surface area contributed by atoms with E-state index in [-0.39, 0.29) is 18.6 Å². The molecule has 2 aromatic carbocycles. The van der Waals surface area contributed by atoms with E-state index >= 15 is 0 Å². The van der Waals surface area contributed by atoms with Gasteiger partial charge in [-0.3, -0.25) is 4.79 Å². The summed E-state index contributed by atoms with van der Waals surface area (Å²) in [5.74, 6) is -2.46. The molecule has 0 bridgehead atoms. The highest BCUT2D eigenvalue weighted by Gasteiger charge is 2.44. The molecular weight excluding hydrogens is 294 g/mol. The van der Waals surface area contributed by atoms with Crippen LogP contribution in [-0.2, 0) is 9.59 Å². The number of carboxylic acid groups (broad SMARTS) is 2. The summed E-state index contributed by atoms with van der Waals surface area (Å²) in [4.78, 5) is 27.5. The lowest BCUT2D eigenvalue weighted by molar-refractivity contribution is -0.146. The van der Waals surface area contributed by atoms with Crippen LogP contribution < -0.4 is 0 Å². The van der Waals surface area contributed by atoms with Crippen LogP contribution in [0.4, 0.5) is 5.69 Å². The quantitative estimate of drug-likeness (QED) is 0.792. The smallest absolute Gasteiger partial charge is 0.351 e. The number of aliphatic carboxylic acids is 2. The molecule has 5 nitrogen and oxygen atoms in total. The normalized spacial score (nSPS) is 12.3. The molecule has 2 aromatic rings. The fourth-order valence-electron chi connectivity index (χ4n) is 2.72. The van der Waals surface area contributed by atoms with Crippen LogP contribution in [-0.4, -0.2) is 27.9 Å². The molecule has 0 aliphatic heterocycles. The molecule has 23 heavy (non-hydrogen) atoms. The first-order valence-corrected chi connectivity index (χ1v) is 7.49. The second kappa shape index (κ2) is 6.60.